The molecule has 26 heavy (non-hydrogen) atoms. The number of rotatable bonds is 2. The van der Waals surface area contributed by atoms with Gasteiger partial charge in [-0.25, -0.2) is 9.37 Å². The number of fused-ring (bicyclic) bond motifs is 6. The molecule has 0 aliphatic heterocycles. The highest BCUT2D eigenvalue weighted by molar-refractivity contribution is 7.23. The fourth-order valence-electron chi connectivity index (χ4n) is 3.16. The molecular formula is C19H11FN4OS. The van der Waals surface area contributed by atoms with Gasteiger partial charge in [-0.2, -0.15) is 0 Å². The van der Waals surface area contributed by atoms with Crippen molar-refractivity contribution in [1.29, 1.82) is 0 Å². The van der Waals surface area contributed by atoms with Crippen LogP contribution in [0.4, 0.5) is 15.2 Å². The van der Waals surface area contributed by atoms with Crippen LogP contribution in [0.3, 0.4) is 0 Å². The van der Waals surface area contributed by atoms with E-state index in [0.29, 0.717) is 15.9 Å². The van der Waals surface area contributed by atoms with Crippen molar-refractivity contribution >= 4 is 53.9 Å². The third-order valence-electron chi connectivity index (χ3n) is 4.27. The second kappa shape index (κ2) is 5.60. The quantitative estimate of drug-likeness (QED) is 0.451. The third kappa shape index (κ3) is 2.25. The molecule has 0 aliphatic rings. The molecule has 0 aliphatic carbocycles. The lowest BCUT2D eigenvalue weighted by Crippen LogP contribution is -2.05. The van der Waals surface area contributed by atoms with E-state index in [2.05, 4.69) is 15.3 Å². The molecule has 5 aromatic rings. The topological polar surface area (TPSA) is 70.7 Å². The van der Waals surface area contributed by atoms with Crippen molar-refractivity contribution < 1.29 is 4.39 Å². The van der Waals surface area contributed by atoms with Gasteiger partial charge in [0.2, 0.25) is 0 Å². The van der Waals surface area contributed by atoms with Gasteiger partial charge in [0.05, 0.1) is 15.6 Å². The summed E-state index contributed by atoms with van der Waals surface area (Å²) in [5.41, 5.74) is 1.38. The van der Waals surface area contributed by atoms with Gasteiger partial charge in [0.15, 0.2) is 5.13 Å². The molecule has 0 atom stereocenters. The van der Waals surface area contributed by atoms with Gasteiger partial charge in [0.25, 0.3) is 5.56 Å². The van der Waals surface area contributed by atoms with Gasteiger partial charge >= 0.3 is 0 Å². The highest BCUT2D eigenvalue weighted by Gasteiger charge is 2.16. The summed E-state index contributed by atoms with van der Waals surface area (Å²) in [5, 5.41) is 6.52. The van der Waals surface area contributed by atoms with Gasteiger partial charge in [0, 0.05) is 40.4 Å². The minimum atomic E-state index is -0.383. The number of aromatic nitrogens is 3. The number of hydrogen-bond acceptors (Lipinski definition) is 5. The van der Waals surface area contributed by atoms with Crippen molar-refractivity contribution in [3.63, 3.8) is 0 Å². The Labute approximate surface area is 150 Å². The number of anilines is 2. The molecule has 0 fully saturated rings. The van der Waals surface area contributed by atoms with Gasteiger partial charge in [0.1, 0.15) is 5.82 Å². The van der Waals surface area contributed by atoms with Gasteiger partial charge in [-0.05, 0) is 36.4 Å². The third-order valence-corrected chi connectivity index (χ3v) is 5.27. The van der Waals surface area contributed by atoms with E-state index in [1.165, 1.54) is 23.5 Å². The number of halogens is 1. The minimum absolute atomic E-state index is 0.239. The highest BCUT2D eigenvalue weighted by atomic mass is 32.1. The normalized spacial score (nSPS) is 11.4. The summed E-state index contributed by atoms with van der Waals surface area (Å²) in [6, 6.07) is 9.99. The fourth-order valence-corrected chi connectivity index (χ4v) is 4.19. The summed E-state index contributed by atoms with van der Waals surface area (Å²) >= 11 is 1.46. The molecule has 7 heteroatoms. The number of H-pyrrole nitrogens is 1. The van der Waals surface area contributed by atoms with Crippen LogP contribution in [0.2, 0.25) is 0 Å². The Morgan fingerprint density at radius 3 is 2.73 bits per heavy atom. The highest BCUT2D eigenvalue weighted by Crippen LogP contribution is 2.38. The molecule has 3 heterocycles. The van der Waals surface area contributed by atoms with Crippen molar-refractivity contribution in [2.45, 2.75) is 0 Å². The number of nitrogens with one attached hydrogen (secondary N) is 2. The zero-order valence-electron chi connectivity index (χ0n) is 13.3. The van der Waals surface area contributed by atoms with Crippen LogP contribution in [0.25, 0.3) is 31.8 Å². The Kier molecular flexibility index (Phi) is 3.23. The van der Waals surface area contributed by atoms with E-state index in [0.717, 1.165) is 26.7 Å². The van der Waals surface area contributed by atoms with Gasteiger partial charge in [-0.1, -0.05) is 11.3 Å². The molecule has 0 saturated heterocycles. The van der Waals surface area contributed by atoms with Crippen LogP contribution in [0, 0.1) is 5.82 Å². The summed E-state index contributed by atoms with van der Waals surface area (Å²) in [5.74, 6) is -0.383. The molecule has 5 rings (SSSR count). The van der Waals surface area contributed by atoms with Crippen LogP contribution in [-0.2, 0) is 0 Å². The van der Waals surface area contributed by atoms with E-state index in [-0.39, 0.29) is 11.4 Å². The molecule has 0 saturated carbocycles. The Hall–Kier alpha value is -3.32. The molecule has 0 spiro atoms. The first kappa shape index (κ1) is 15.0. The molecule has 5 nitrogen and oxygen atoms in total. The van der Waals surface area contributed by atoms with Gasteiger partial charge in [-0.3, -0.25) is 9.78 Å². The first-order valence-electron chi connectivity index (χ1n) is 7.91. The summed E-state index contributed by atoms with van der Waals surface area (Å²) in [4.78, 5) is 23.8. The lowest BCUT2D eigenvalue weighted by atomic mass is 10.0. The van der Waals surface area contributed by atoms with E-state index in [4.69, 9.17) is 4.98 Å². The molecule has 0 radical (unpaired) electrons. The van der Waals surface area contributed by atoms with Crippen molar-refractivity contribution in [1.82, 2.24) is 15.0 Å². The number of aromatic amines is 1. The molecule has 2 aromatic carbocycles. The number of nitrogens with zero attached hydrogens (tertiary/aromatic N) is 2. The number of pyridine rings is 2. The average Bonchev–Trinajstić information content (AvgIpc) is 3.06. The van der Waals surface area contributed by atoms with E-state index >= 15 is 0 Å². The predicted octanol–water partition coefficient (Wildman–Crippen LogP) is 4.57. The fraction of sp³-hybridized carbons (Fsp3) is 0. The average molecular weight is 362 g/mol. The maximum Gasteiger partial charge on any atom is 0.256 e. The van der Waals surface area contributed by atoms with Crippen molar-refractivity contribution in [3.05, 3.63) is 71.2 Å². The van der Waals surface area contributed by atoms with Gasteiger partial charge in [-0.15, -0.1) is 0 Å². The summed E-state index contributed by atoms with van der Waals surface area (Å²) in [6.07, 6.45) is 5.00. The van der Waals surface area contributed by atoms with E-state index in [9.17, 15) is 9.18 Å². The van der Waals surface area contributed by atoms with Crippen molar-refractivity contribution in [3.8, 4) is 0 Å². The SMILES string of the molecule is O=c1[nH]ccc2c3sc(Nc4ccncc4)nc3c3ccc(F)cc3c12. The lowest BCUT2D eigenvalue weighted by Gasteiger charge is -2.05. The largest absolute Gasteiger partial charge is 0.331 e. The molecule has 0 unspecified atom stereocenters. The van der Waals surface area contributed by atoms with Gasteiger partial charge < -0.3 is 10.3 Å². The molecule has 2 N–H and O–H groups in total. The summed E-state index contributed by atoms with van der Waals surface area (Å²) in [6.45, 7) is 0. The van der Waals surface area contributed by atoms with Crippen LogP contribution in [0.5, 0.6) is 0 Å². The predicted molar refractivity (Wildman–Crippen MR) is 103 cm³/mol. The van der Waals surface area contributed by atoms with Crippen LogP contribution in [-0.4, -0.2) is 15.0 Å². The van der Waals surface area contributed by atoms with Crippen LogP contribution >= 0.6 is 11.3 Å². The van der Waals surface area contributed by atoms with Crippen LogP contribution in [0.1, 0.15) is 0 Å². The van der Waals surface area contributed by atoms with E-state index in [1.807, 2.05) is 18.2 Å². The molecular weight excluding hydrogens is 351 g/mol. The smallest absolute Gasteiger partial charge is 0.256 e. The summed E-state index contributed by atoms with van der Waals surface area (Å²) < 4.78 is 14.7. The summed E-state index contributed by atoms with van der Waals surface area (Å²) in [7, 11) is 0. The first-order chi connectivity index (χ1) is 12.7. The Morgan fingerprint density at radius 2 is 1.88 bits per heavy atom. The number of hydrogen-bond donors (Lipinski definition) is 2. The van der Waals surface area contributed by atoms with Crippen molar-refractivity contribution in [2.24, 2.45) is 0 Å². The standard InChI is InChI=1S/C19H11FN4OS/c20-10-1-2-12-14(9-10)15-13(5-8-22-18(15)25)17-16(12)24-19(26-17)23-11-3-6-21-7-4-11/h1-9H,(H,22,25)(H,21,23,24). The molecule has 0 bridgehead atoms. The lowest BCUT2D eigenvalue weighted by molar-refractivity contribution is 0.630. The van der Waals surface area contributed by atoms with Crippen LogP contribution in [0.15, 0.2) is 59.8 Å². The van der Waals surface area contributed by atoms with E-state index < -0.39 is 0 Å². The molecule has 0 amide bonds. The maximum absolute atomic E-state index is 13.8. The second-order valence-corrected chi connectivity index (χ2v) is 6.84. The number of thiazole rings is 1. The minimum Gasteiger partial charge on any atom is -0.331 e. The van der Waals surface area contributed by atoms with Crippen LogP contribution < -0.4 is 10.9 Å². The van der Waals surface area contributed by atoms with E-state index in [1.54, 1.807) is 24.7 Å². The molecule has 126 valence electrons. The Morgan fingerprint density at radius 1 is 1.04 bits per heavy atom. The number of benzene rings is 2. The first-order valence-corrected chi connectivity index (χ1v) is 8.72. The van der Waals surface area contributed by atoms with Crippen molar-refractivity contribution in [2.75, 3.05) is 5.32 Å². The Bertz CT molecular complexity index is 1340. The molecule has 3 aromatic heterocycles. The maximum atomic E-state index is 13.8. The second-order valence-electron chi connectivity index (χ2n) is 5.84. The zero-order chi connectivity index (χ0) is 17.7. The monoisotopic (exact) mass is 362 g/mol. The Balaban J connectivity index is 1.87. The zero-order valence-corrected chi connectivity index (χ0v) is 14.1.